The van der Waals surface area contributed by atoms with Crippen LogP contribution >= 0.6 is 11.3 Å². The summed E-state index contributed by atoms with van der Waals surface area (Å²) in [5, 5.41) is 0.944. The van der Waals surface area contributed by atoms with Gasteiger partial charge in [-0.2, -0.15) is 4.39 Å². The summed E-state index contributed by atoms with van der Waals surface area (Å²) < 4.78 is 15.8. The van der Waals surface area contributed by atoms with Gasteiger partial charge in [-0.1, -0.05) is 24.8 Å². The van der Waals surface area contributed by atoms with E-state index in [1.807, 2.05) is 55.5 Å². The van der Waals surface area contributed by atoms with Gasteiger partial charge in [0, 0.05) is 40.2 Å². The van der Waals surface area contributed by atoms with E-state index in [0.717, 1.165) is 61.9 Å². The number of aryl methyl sites for hydroxylation is 1. The van der Waals surface area contributed by atoms with E-state index in [4.69, 9.17) is 0 Å². The first kappa shape index (κ1) is 22.0. The highest BCUT2D eigenvalue weighted by atomic mass is 32.1. The van der Waals surface area contributed by atoms with Gasteiger partial charge in [0.05, 0.1) is 17.9 Å². The Kier molecular flexibility index (Phi) is 5.99. The molecule has 1 aliphatic rings. The average molecular weight is 469 g/mol. The SMILES string of the molecule is C=C(C1=CCC(n2ccc3cccnc32)C=C1)N(/C=C(\C)c1ccc(F)s1)c1ccc(C)nc1. The van der Waals surface area contributed by atoms with Gasteiger partial charge in [0.1, 0.15) is 5.65 Å². The quantitative estimate of drug-likeness (QED) is 0.295. The topological polar surface area (TPSA) is 34.0 Å². The molecule has 4 heterocycles. The minimum absolute atomic E-state index is 0.193. The molecule has 0 amide bonds. The first-order valence-electron chi connectivity index (χ1n) is 11.1. The van der Waals surface area contributed by atoms with Crippen LogP contribution in [0.2, 0.25) is 0 Å². The molecule has 0 aliphatic heterocycles. The van der Waals surface area contributed by atoms with Gasteiger partial charge < -0.3 is 9.47 Å². The van der Waals surface area contributed by atoms with E-state index in [0.29, 0.717) is 0 Å². The van der Waals surface area contributed by atoms with Crippen molar-refractivity contribution in [3.63, 3.8) is 0 Å². The fourth-order valence-electron chi connectivity index (χ4n) is 4.12. The second-order valence-electron chi connectivity index (χ2n) is 8.35. The second-order valence-corrected chi connectivity index (χ2v) is 9.39. The van der Waals surface area contributed by atoms with Crippen molar-refractivity contribution >= 4 is 33.6 Å². The maximum Gasteiger partial charge on any atom is 0.176 e. The molecule has 0 fully saturated rings. The Bertz CT molecular complexity index is 1440. The maximum absolute atomic E-state index is 13.6. The van der Waals surface area contributed by atoms with E-state index >= 15 is 0 Å². The smallest absolute Gasteiger partial charge is 0.176 e. The number of nitrogens with zero attached hydrogens (tertiary/aromatic N) is 4. The molecule has 6 heteroatoms. The van der Waals surface area contributed by atoms with Crippen LogP contribution in [-0.4, -0.2) is 14.5 Å². The van der Waals surface area contributed by atoms with Gasteiger partial charge in [-0.25, -0.2) is 4.98 Å². The number of hydrogen-bond acceptors (Lipinski definition) is 4. The highest BCUT2D eigenvalue weighted by Crippen LogP contribution is 2.32. The lowest BCUT2D eigenvalue weighted by molar-refractivity contribution is 0.622. The van der Waals surface area contributed by atoms with Gasteiger partial charge >= 0.3 is 0 Å². The predicted octanol–water partition coefficient (Wildman–Crippen LogP) is 7.45. The Morgan fingerprint density at radius 3 is 2.79 bits per heavy atom. The van der Waals surface area contributed by atoms with Gasteiger partial charge in [-0.05, 0) is 73.9 Å². The van der Waals surface area contributed by atoms with Crippen LogP contribution in [0.25, 0.3) is 16.6 Å². The van der Waals surface area contributed by atoms with Crippen LogP contribution in [0.3, 0.4) is 0 Å². The van der Waals surface area contributed by atoms with Gasteiger partial charge in [0.15, 0.2) is 5.13 Å². The largest absolute Gasteiger partial charge is 0.325 e. The minimum atomic E-state index is -0.193. The molecule has 0 N–H and O–H groups in total. The summed E-state index contributed by atoms with van der Waals surface area (Å²) in [4.78, 5) is 11.9. The van der Waals surface area contributed by atoms with Crippen LogP contribution < -0.4 is 4.90 Å². The number of anilines is 1. The summed E-state index contributed by atoms with van der Waals surface area (Å²) >= 11 is 1.14. The fourth-order valence-corrected chi connectivity index (χ4v) is 4.81. The van der Waals surface area contributed by atoms with E-state index < -0.39 is 0 Å². The van der Waals surface area contributed by atoms with E-state index in [9.17, 15) is 4.39 Å². The summed E-state index contributed by atoms with van der Waals surface area (Å²) in [6.07, 6.45) is 15.1. The lowest BCUT2D eigenvalue weighted by atomic mass is 10.00. The van der Waals surface area contributed by atoms with Crippen molar-refractivity contribution < 1.29 is 4.39 Å². The fraction of sp³-hybridized carbons (Fsp3) is 0.143. The molecule has 170 valence electrons. The number of allylic oxidation sites excluding steroid dienone is 4. The van der Waals surface area contributed by atoms with Crippen molar-refractivity contribution in [2.24, 2.45) is 0 Å². The monoisotopic (exact) mass is 468 g/mol. The number of rotatable bonds is 6. The molecular formula is C28H25FN4S. The maximum atomic E-state index is 13.6. The zero-order chi connectivity index (χ0) is 23.7. The minimum Gasteiger partial charge on any atom is -0.325 e. The lowest BCUT2D eigenvalue weighted by Crippen LogP contribution is -2.18. The Morgan fingerprint density at radius 1 is 1.21 bits per heavy atom. The van der Waals surface area contributed by atoms with E-state index in [1.165, 1.54) is 6.07 Å². The van der Waals surface area contributed by atoms with Crippen molar-refractivity contribution in [3.8, 4) is 0 Å². The number of halogens is 1. The van der Waals surface area contributed by atoms with Crippen LogP contribution in [0, 0.1) is 12.1 Å². The summed E-state index contributed by atoms with van der Waals surface area (Å²) in [7, 11) is 0. The summed E-state index contributed by atoms with van der Waals surface area (Å²) in [5.74, 6) is 0. The molecule has 0 aromatic carbocycles. The number of aromatic nitrogens is 3. The number of pyridine rings is 2. The highest BCUT2D eigenvalue weighted by Gasteiger charge is 2.18. The summed E-state index contributed by atoms with van der Waals surface area (Å²) in [6.45, 7) is 8.36. The van der Waals surface area contributed by atoms with Crippen molar-refractivity contribution in [1.29, 1.82) is 0 Å². The van der Waals surface area contributed by atoms with Gasteiger partial charge in [-0.3, -0.25) is 4.98 Å². The first-order valence-corrected chi connectivity index (χ1v) is 12.0. The van der Waals surface area contributed by atoms with Crippen LogP contribution in [0.1, 0.15) is 30.0 Å². The van der Waals surface area contributed by atoms with Crippen LogP contribution in [-0.2, 0) is 0 Å². The second kappa shape index (κ2) is 9.23. The third-order valence-corrected chi connectivity index (χ3v) is 7.00. The number of thiophene rings is 1. The molecule has 4 aromatic heterocycles. The Morgan fingerprint density at radius 2 is 2.09 bits per heavy atom. The Labute approximate surface area is 202 Å². The Balaban J connectivity index is 1.43. The molecule has 1 atom stereocenters. The third kappa shape index (κ3) is 4.37. The Hall–Kier alpha value is -3.77. The van der Waals surface area contributed by atoms with Crippen LogP contribution in [0.15, 0.2) is 103 Å². The summed E-state index contributed by atoms with van der Waals surface area (Å²) in [5.41, 5.74) is 5.68. The molecule has 0 saturated carbocycles. The molecule has 0 spiro atoms. The molecule has 1 aliphatic carbocycles. The lowest BCUT2D eigenvalue weighted by Gasteiger charge is -2.27. The van der Waals surface area contributed by atoms with Crippen molar-refractivity contribution in [1.82, 2.24) is 14.5 Å². The molecule has 34 heavy (non-hydrogen) atoms. The first-order chi connectivity index (χ1) is 16.5. The van der Waals surface area contributed by atoms with Gasteiger partial charge in [0.2, 0.25) is 0 Å². The van der Waals surface area contributed by atoms with Gasteiger partial charge in [0.25, 0.3) is 0 Å². The molecular weight excluding hydrogens is 443 g/mol. The zero-order valence-electron chi connectivity index (χ0n) is 19.1. The molecule has 5 rings (SSSR count). The van der Waals surface area contributed by atoms with Crippen molar-refractivity contribution in [3.05, 3.63) is 119 Å². The molecule has 0 bridgehead atoms. The molecule has 1 unspecified atom stereocenters. The third-order valence-electron chi connectivity index (χ3n) is 5.99. The number of hydrogen-bond donors (Lipinski definition) is 0. The van der Waals surface area contributed by atoms with Crippen LogP contribution in [0.4, 0.5) is 10.1 Å². The molecule has 4 aromatic rings. The number of fused-ring (bicyclic) bond motifs is 1. The molecule has 0 saturated heterocycles. The van der Waals surface area contributed by atoms with E-state index in [2.05, 4.69) is 57.7 Å². The highest BCUT2D eigenvalue weighted by molar-refractivity contribution is 7.11. The van der Waals surface area contributed by atoms with Crippen molar-refractivity contribution in [2.75, 3.05) is 4.90 Å². The van der Waals surface area contributed by atoms with Crippen LogP contribution in [0.5, 0.6) is 0 Å². The van der Waals surface area contributed by atoms with Crippen molar-refractivity contribution in [2.45, 2.75) is 26.3 Å². The zero-order valence-corrected chi connectivity index (χ0v) is 20.0. The molecule has 0 radical (unpaired) electrons. The summed E-state index contributed by atoms with van der Waals surface area (Å²) in [6, 6.07) is 13.6. The van der Waals surface area contributed by atoms with E-state index in [-0.39, 0.29) is 11.2 Å². The molecule has 4 nitrogen and oxygen atoms in total. The predicted molar refractivity (Wildman–Crippen MR) is 139 cm³/mol. The standard InChI is InChI=1S/C28H25FN4S/c1-19(26-12-13-27(29)34-26)18-33(25-9-6-20(2)31-17-25)21(3)22-7-10-24(11-8-22)32-16-14-23-5-4-15-30-28(23)32/h4-10,12-18,24H,3,11H2,1-2H3/b19-18+. The van der Waals surface area contributed by atoms with Gasteiger partial charge in [-0.15, -0.1) is 11.3 Å². The van der Waals surface area contributed by atoms with E-state index in [1.54, 1.807) is 6.07 Å². The average Bonchev–Trinajstić information content (AvgIpc) is 3.49. The normalized spacial score (nSPS) is 16.0.